The number of nitrogens with two attached hydrogens (primary N) is 1. The van der Waals surface area contributed by atoms with E-state index in [4.69, 9.17) is 5.73 Å². The molecule has 0 aromatic heterocycles. The third-order valence-corrected chi connectivity index (χ3v) is 3.01. The fourth-order valence-corrected chi connectivity index (χ4v) is 1.86. The Kier molecular flexibility index (Phi) is 3.95. The van der Waals surface area contributed by atoms with Crippen molar-refractivity contribution in [3.63, 3.8) is 0 Å². The summed E-state index contributed by atoms with van der Waals surface area (Å²) in [4.78, 5) is 11.7. The van der Waals surface area contributed by atoms with Gasteiger partial charge in [0, 0.05) is 18.2 Å². The zero-order chi connectivity index (χ0) is 13.0. The number of anilines is 1. The maximum Gasteiger partial charge on any atom is 0.225 e. The summed E-state index contributed by atoms with van der Waals surface area (Å²) in [6.07, 6.45) is 1.18. The predicted octanol–water partition coefficient (Wildman–Crippen LogP) is 2.91. The summed E-state index contributed by atoms with van der Waals surface area (Å²) in [5.74, 6) is -0.0281. The van der Waals surface area contributed by atoms with Gasteiger partial charge in [0.05, 0.1) is 0 Å². The SMILES string of the molecule is CCC(N)CC(=O)Nc1ccc2ccccc2c1. The van der Waals surface area contributed by atoms with Crippen LogP contribution in [-0.2, 0) is 4.79 Å². The van der Waals surface area contributed by atoms with E-state index in [1.807, 2.05) is 49.4 Å². The van der Waals surface area contributed by atoms with E-state index < -0.39 is 0 Å². The van der Waals surface area contributed by atoms with Crippen LogP contribution in [-0.4, -0.2) is 11.9 Å². The van der Waals surface area contributed by atoms with Gasteiger partial charge in [-0.2, -0.15) is 0 Å². The van der Waals surface area contributed by atoms with Crippen molar-refractivity contribution in [1.29, 1.82) is 0 Å². The summed E-state index contributed by atoms with van der Waals surface area (Å²) in [5.41, 5.74) is 6.58. The lowest BCUT2D eigenvalue weighted by Crippen LogP contribution is -2.26. The van der Waals surface area contributed by atoms with E-state index in [-0.39, 0.29) is 11.9 Å². The van der Waals surface area contributed by atoms with Crippen LogP contribution in [0.5, 0.6) is 0 Å². The Bertz CT molecular complexity index is 551. The first kappa shape index (κ1) is 12.6. The first-order valence-corrected chi connectivity index (χ1v) is 6.23. The molecule has 0 saturated heterocycles. The fraction of sp³-hybridized carbons (Fsp3) is 0.267. The second kappa shape index (κ2) is 5.65. The Hall–Kier alpha value is -1.87. The molecule has 1 atom stereocenters. The second-order valence-corrected chi connectivity index (χ2v) is 4.48. The number of carbonyl (C=O) groups excluding carboxylic acids is 1. The van der Waals surface area contributed by atoms with Crippen LogP contribution in [0.1, 0.15) is 19.8 Å². The number of fused-ring (bicyclic) bond motifs is 1. The van der Waals surface area contributed by atoms with Crippen LogP contribution in [0.25, 0.3) is 10.8 Å². The molecule has 3 heteroatoms. The smallest absolute Gasteiger partial charge is 0.225 e. The summed E-state index contributed by atoms with van der Waals surface area (Å²) < 4.78 is 0. The lowest BCUT2D eigenvalue weighted by Gasteiger charge is -2.10. The minimum Gasteiger partial charge on any atom is -0.327 e. The number of rotatable bonds is 4. The number of nitrogens with one attached hydrogen (secondary N) is 1. The van der Waals surface area contributed by atoms with Gasteiger partial charge in [0.1, 0.15) is 0 Å². The quantitative estimate of drug-likeness (QED) is 0.866. The van der Waals surface area contributed by atoms with Gasteiger partial charge >= 0.3 is 0 Å². The normalized spacial score (nSPS) is 12.3. The molecule has 94 valence electrons. The van der Waals surface area contributed by atoms with Gasteiger partial charge < -0.3 is 11.1 Å². The van der Waals surface area contributed by atoms with Gasteiger partial charge in [0.15, 0.2) is 0 Å². The van der Waals surface area contributed by atoms with E-state index >= 15 is 0 Å². The predicted molar refractivity (Wildman–Crippen MR) is 75.5 cm³/mol. The highest BCUT2D eigenvalue weighted by Gasteiger charge is 2.07. The van der Waals surface area contributed by atoms with E-state index in [0.29, 0.717) is 6.42 Å². The van der Waals surface area contributed by atoms with Crippen molar-refractivity contribution in [3.05, 3.63) is 42.5 Å². The van der Waals surface area contributed by atoms with Gasteiger partial charge in [0.25, 0.3) is 0 Å². The van der Waals surface area contributed by atoms with E-state index in [1.165, 1.54) is 5.39 Å². The maximum absolute atomic E-state index is 11.7. The first-order valence-electron chi connectivity index (χ1n) is 6.23. The maximum atomic E-state index is 11.7. The van der Waals surface area contributed by atoms with Crippen LogP contribution in [0.4, 0.5) is 5.69 Å². The van der Waals surface area contributed by atoms with Crippen LogP contribution in [0.3, 0.4) is 0 Å². The molecular weight excluding hydrogens is 224 g/mol. The molecule has 1 amide bonds. The lowest BCUT2D eigenvalue weighted by atomic mass is 10.1. The zero-order valence-corrected chi connectivity index (χ0v) is 10.5. The molecule has 0 aliphatic heterocycles. The average molecular weight is 242 g/mol. The molecule has 2 aromatic rings. The van der Waals surface area contributed by atoms with Crippen molar-refractivity contribution in [1.82, 2.24) is 0 Å². The van der Waals surface area contributed by atoms with Gasteiger partial charge in [-0.05, 0) is 29.3 Å². The minimum absolute atomic E-state index is 0.0281. The molecule has 0 spiro atoms. The number of benzene rings is 2. The Labute approximate surface area is 107 Å². The summed E-state index contributed by atoms with van der Waals surface area (Å²) in [6.45, 7) is 1.98. The lowest BCUT2D eigenvalue weighted by molar-refractivity contribution is -0.116. The molecular formula is C15H18N2O. The second-order valence-electron chi connectivity index (χ2n) is 4.48. The van der Waals surface area contributed by atoms with E-state index in [0.717, 1.165) is 17.5 Å². The molecule has 0 heterocycles. The molecule has 0 radical (unpaired) electrons. The van der Waals surface area contributed by atoms with E-state index in [9.17, 15) is 4.79 Å². The first-order chi connectivity index (χ1) is 8.69. The van der Waals surface area contributed by atoms with Crippen LogP contribution >= 0.6 is 0 Å². The van der Waals surface area contributed by atoms with Gasteiger partial charge in [-0.3, -0.25) is 4.79 Å². The minimum atomic E-state index is -0.0644. The van der Waals surface area contributed by atoms with Gasteiger partial charge in [-0.15, -0.1) is 0 Å². The van der Waals surface area contributed by atoms with Crippen LogP contribution in [0.15, 0.2) is 42.5 Å². The highest BCUT2D eigenvalue weighted by Crippen LogP contribution is 2.18. The summed E-state index contributed by atoms with van der Waals surface area (Å²) in [6, 6.07) is 13.9. The molecule has 1 unspecified atom stereocenters. The summed E-state index contributed by atoms with van der Waals surface area (Å²) in [7, 11) is 0. The fourth-order valence-electron chi connectivity index (χ4n) is 1.86. The van der Waals surface area contributed by atoms with Crippen molar-refractivity contribution >= 4 is 22.4 Å². The van der Waals surface area contributed by atoms with E-state index in [2.05, 4.69) is 5.32 Å². The van der Waals surface area contributed by atoms with E-state index in [1.54, 1.807) is 0 Å². The highest BCUT2D eigenvalue weighted by atomic mass is 16.1. The highest BCUT2D eigenvalue weighted by molar-refractivity contribution is 5.94. The molecule has 2 aromatic carbocycles. The van der Waals surface area contributed by atoms with Crippen molar-refractivity contribution in [2.75, 3.05) is 5.32 Å². The molecule has 18 heavy (non-hydrogen) atoms. The largest absolute Gasteiger partial charge is 0.327 e. The van der Waals surface area contributed by atoms with Crippen LogP contribution < -0.4 is 11.1 Å². The molecule has 0 aliphatic rings. The van der Waals surface area contributed by atoms with Crippen LogP contribution in [0.2, 0.25) is 0 Å². The standard InChI is InChI=1S/C15H18N2O/c1-2-13(16)10-15(18)17-14-8-7-11-5-3-4-6-12(11)9-14/h3-9,13H,2,10,16H2,1H3,(H,17,18). The van der Waals surface area contributed by atoms with Crippen molar-refractivity contribution in [2.45, 2.75) is 25.8 Å². The topological polar surface area (TPSA) is 55.1 Å². The van der Waals surface area contributed by atoms with Gasteiger partial charge in [-0.25, -0.2) is 0 Å². The molecule has 2 rings (SSSR count). The van der Waals surface area contributed by atoms with Crippen molar-refractivity contribution in [2.24, 2.45) is 5.73 Å². The summed E-state index contributed by atoms with van der Waals surface area (Å²) in [5, 5.41) is 5.17. The molecule has 0 fully saturated rings. The Morgan fingerprint density at radius 1 is 1.22 bits per heavy atom. The van der Waals surface area contributed by atoms with Crippen molar-refractivity contribution in [3.8, 4) is 0 Å². The van der Waals surface area contributed by atoms with Gasteiger partial charge in [-0.1, -0.05) is 37.3 Å². The molecule has 0 bridgehead atoms. The average Bonchev–Trinajstić information content (AvgIpc) is 2.38. The molecule has 0 aliphatic carbocycles. The zero-order valence-electron chi connectivity index (χ0n) is 10.5. The summed E-state index contributed by atoms with van der Waals surface area (Å²) >= 11 is 0. The molecule has 3 N–H and O–H groups in total. The third-order valence-electron chi connectivity index (χ3n) is 3.01. The number of hydrogen-bond donors (Lipinski definition) is 2. The number of hydrogen-bond acceptors (Lipinski definition) is 2. The van der Waals surface area contributed by atoms with Crippen molar-refractivity contribution < 1.29 is 4.79 Å². The number of carbonyl (C=O) groups is 1. The molecule has 3 nitrogen and oxygen atoms in total. The Morgan fingerprint density at radius 2 is 1.94 bits per heavy atom. The number of amides is 1. The Morgan fingerprint density at radius 3 is 2.67 bits per heavy atom. The monoisotopic (exact) mass is 242 g/mol. The Balaban J connectivity index is 2.10. The molecule has 0 saturated carbocycles. The third kappa shape index (κ3) is 3.08. The van der Waals surface area contributed by atoms with Gasteiger partial charge in [0.2, 0.25) is 5.91 Å². The van der Waals surface area contributed by atoms with Crippen LogP contribution in [0, 0.1) is 0 Å².